The van der Waals surface area contributed by atoms with Crippen molar-refractivity contribution in [1.82, 2.24) is 0 Å². The van der Waals surface area contributed by atoms with Crippen molar-refractivity contribution in [2.24, 2.45) is 0 Å². The number of anilines is 1. The number of nitriles is 1. The average molecular weight is 170 g/mol. The molecule has 0 saturated heterocycles. The zero-order valence-corrected chi connectivity index (χ0v) is 7.49. The lowest BCUT2D eigenvalue weighted by Crippen LogP contribution is -2.16. The molecule has 0 unspecified atom stereocenters. The Morgan fingerprint density at radius 3 is 2.46 bits per heavy atom. The Kier molecular flexibility index (Phi) is 2.95. The number of rotatable bonds is 2. The Bertz CT molecular complexity index is 351. The van der Waals surface area contributed by atoms with Gasteiger partial charge in [0.15, 0.2) is 0 Å². The number of nitrogens with zero attached hydrogens (tertiary/aromatic N) is 2. The molecule has 2 nitrogen and oxygen atoms in total. The van der Waals surface area contributed by atoms with Crippen LogP contribution >= 0.6 is 0 Å². The molecule has 1 aromatic rings. The summed E-state index contributed by atoms with van der Waals surface area (Å²) >= 11 is 0. The number of hydrogen-bond acceptors (Lipinski definition) is 2. The van der Waals surface area contributed by atoms with Crippen LogP contribution in [-0.2, 0) is 0 Å². The first kappa shape index (κ1) is 9.16. The third-order valence-corrected chi connectivity index (χ3v) is 1.77. The minimum Gasteiger partial charge on any atom is -0.363 e. The maximum atomic E-state index is 8.57. The van der Waals surface area contributed by atoms with Gasteiger partial charge in [0.1, 0.15) is 0 Å². The first-order chi connectivity index (χ1) is 6.27. The Labute approximate surface area is 78.4 Å². The van der Waals surface area contributed by atoms with Crippen LogP contribution in [0.3, 0.4) is 0 Å². The minimum absolute atomic E-state index is 0.575. The van der Waals surface area contributed by atoms with E-state index in [1.165, 1.54) is 0 Å². The molecule has 0 aliphatic carbocycles. The molecule has 64 valence electrons. The lowest BCUT2D eigenvalue weighted by Gasteiger charge is -2.15. The molecule has 0 aromatic heterocycles. The molecular formula is C11H10N2. The molecule has 0 heterocycles. The van der Waals surface area contributed by atoms with Crippen molar-refractivity contribution in [2.45, 2.75) is 0 Å². The summed E-state index contributed by atoms with van der Waals surface area (Å²) < 4.78 is 0. The van der Waals surface area contributed by atoms with Crippen LogP contribution in [0.1, 0.15) is 5.56 Å². The Morgan fingerprint density at radius 2 is 2.00 bits per heavy atom. The molecule has 0 amide bonds. The summed E-state index contributed by atoms with van der Waals surface area (Å²) in [4.78, 5) is 1.95. The van der Waals surface area contributed by atoms with E-state index in [4.69, 9.17) is 11.7 Å². The molecular weight excluding hydrogens is 160 g/mol. The number of benzene rings is 1. The molecule has 1 rings (SSSR count). The monoisotopic (exact) mass is 170 g/mol. The van der Waals surface area contributed by atoms with Crippen LogP contribution in [0.4, 0.5) is 5.69 Å². The predicted molar refractivity (Wildman–Crippen MR) is 53.3 cm³/mol. The van der Waals surface area contributed by atoms with Crippen molar-refractivity contribution in [2.75, 3.05) is 18.5 Å². The van der Waals surface area contributed by atoms with Gasteiger partial charge in [-0.05, 0) is 24.3 Å². The van der Waals surface area contributed by atoms with E-state index in [1.54, 1.807) is 12.1 Å². The van der Waals surface area contributed by atoms with Crippen molar-refractivity contribution in [3.05, 3.63) is 29.8 Å². The standard InChI is InChI=1S/C11H10N2/c1-3-8-13(2)11-6-4-10(9-12)5-7-11/h1,4-7H,8H2,2H3. The highest BCUT2D eigenvalue weighted by molar-refractivity contribution is 5.49. The van der Waals surface area contributed by atoms with E-state index in [0.717, 1.165) is 5.69 Å². The fourth-order valence-electron chi connectivity index (χ4n) is 1.02. The zero-order chi connectivity index (χ0) is 9.68. The van der Waals surface area contributed by atoms with E-state index >= 15 is 0 Å². The number of hydrogen-bond donors (Lipinski definition) is 0. The van der Waals surface area contributed by atoms with Gasteiger partial charge in [0, 0.05) is 12.7 Å². The summed E-state index contributed by atoms with van der Waals surface area (Å²) in [5, 5.41) is 8.57. The van der Waals surface area contributed by atoms with Gasteiger partial charge in [-0.3, -0.25) is 0 Å². The molecule has 0 aliphatic heterocycles. The van der Waals surface area contributed by atoms with E-state index in [-0.39, 0.29) is 0 Å². The summed E-state index contributed by atoms with van der Waals surface area (Å²) in [6.45, 7) is 0.575. The van der Waals surface area contributed by atoms with Gasteiger partial charge in [-0.2, -0.15) is 5.26 Å². The van der Waals surface area contributed by atoms with Crippen molar-refractivity contribution in [3.8, 4) is 18.4 Å². The molecule has 0 saturated carbocycles. The minimum atomic E-state index is 0.575. The fraction of sp³-hybridized carbons (Fsp3) is 0.182. The normalized spacial score (nSPS) is 8.54. The van der Waals surface area contributed by atoms with Crippen molar-refractivity contribution in [3.63, 3.8) is 0 Å². The summed E-state index contributed by atoms with van der Waals surface area (Å²) in [7, 11) is 1.92. The van der Waals surface area contributed by atoms with E-state index in [0.29, 0.717) is 12.1 Å². The summed E-state index contributed by atoms with van der Waals surface area (Å²) in [6.07, 6.45) is 5.18. The summed E-state index contributed by atoms with van der Waals surface area (Å²) in [5.41, 5.74) is 1.69. The highest BCUT2D eigenvalue weighted by atomic mass is 15.1. The van der Waals surface area contributed by atoms with Gasteiger partial charge in [-0.25, -0.2) is 0 Å². The van der Waals surface area contributed by atoms with Gasteiger partial charge in [0.2, 0.25) is 0 Å². The van der Waals surface area contributed by atoms with E-state index in [2.05, 4.69) is 12.0 Å². The third-order valence-electron chi connectivity index (χ3n) is 1.77. The quantitative estimate of drug-likeness (QED) is 0.631. The van der Waals surface area contributed by atoms with Gasteiger partial charge < -0.3 is 4.90 Å². The van der Waals surface area contributed by atoms with Crippen molar-refractivity contribution < 1.29 is 0 Å². The van der Waals surface area contributed by atoms with Crippen LogP contribution in [0.2, 0.25) is 0 Å². The van der Waals surface area contributed by atoms with Gasteiger partial charge in [-0.15, -0.1) is 6.42 Å². The molecule has 0 atom stereocenters. The second kappa shape index (κ2) is 4.18. The van der Waals surface area contributed by atoms with Gasteiger partial charge >= 0.3 is 0 Å². The maximum Gasteiger partial charge on any atom is 0.0991 e. The maximum absolute atomic E-state index is 8.57. The number of terminal acetylenes is 1. The first-order valence-corrected chi connectivity index (χ1v) is 3.92. The molecule has 0 fully saturated rings. The van der Waals surface area contributed by atoms with Crippen LogP contribution in [0.25, 0.3) is 0 Å². The first-order valence-electron chi connectivity index (χ1n) is 3.92. The molecule has 0 bridgehead atoms. The molecule has 0 radical (unpaired) electrons. The second-order valence-electron chi connectivity index (χ2n) is 2.72. The summed E-state index contributed by atoms with van der Waals surface area (Å²) in [5.74, 6) is 2.56. The Balaban J connectivity index is 2.82. The van der Waals surface area contributed by atoms with Crippen molar-refractivity contribution in [1.29, 1.82) is 5.26 Å². The zero-order valence-electron chi connectivity index (χ0n) is 7.49. The average Bonchev–Trinajstić information content (AvgIpc) is 2.18. The third kappa shape index (κ3) is 2.25. The van der Waals surface area contributed by atoms with E-state index in [1.807, 2.05) is 24.1 Å². The molecule has 1 aromatic carbocycles. The Hall–Kier alpha value is -1.93. The van der Waals surface area contributed by atoms with E-state index < -0.39 is 0 Å². The van der Waals surface area contributed by atoms with E-state index in [9.17, 15) is 0 Å². The lowest BCUT2D eigenvalue weighted by atomic mass is 10.2. The molecule has 0 N–H and O–H groups in total. The van der Waals surface area contributed by atoms with Crippen LogP contribution in [-0.4, -0.2) is 13.6 Å². The van der Waals surface area contributed by atoms with Crippen LogP contribution in [0.15, 0.2) is 24.3 Å². The van der Waals surface area contributed by atoms with Gasteiger partial charge in [-0.1, -0.05) is 5.92 Å². The smallest absolute Gasteiger partial charge is 0.0991 e. The highest BCUT2D eigenvalue weighted by Crippen LogP contribution is 2.12. The largest absolute Gasteiger partial charge is 0.363 e. The van der Waals surface area contributed by atoms with Gasteiger partial charge in [0.25, 0.3) is 0 Å². The summed E-state index contributed by atoms with van der Waals surface area (Å²) in [6, 6.07) is 9.40. The van der Waals surface area contributed by atoms with Gasteiger partial charge in [0.05, 0.1) is 18.2 Å². The molecule has 2 heteroatoms. The Morgan fingerprint density at radius 1 is 1.38 bits per heavy atom. The van der Waals surface area contributed by atoms with Crippen molar-refractivity contribution >= 4 is 5.69 Å². The molecule has 13 heavy (non-hydrogen) atoms. The fourth-order valence-corrected chi connectivity index (χ4v) is 1.02. The molecule has 0 spiro atoms. The lowest BCUT2D eigenvalue weighted by molar-refractivity contribution is 1.05. The topological polar surface area (TPSA) is 27.0 Å². The van der Waals surface area contributed by atoms with Crippen LogP contribution in [0.5, 0.6) is 0 Å². The predicted octanol–water partition coefficient (Wildman–Crippen LogP) is 1.63. The SMILES string of the molecule is C#CCN(C)c1ccc(C#N)cc1. The second-order valence-corrected chi connectivity index (χ2v) is 2.72. The van der Waals surface area contributed by atoms with Crippen LogP contribution in [0, 0.1) is 23.7 Å². The molecule has 0 aliphatic rings. The highest BCUT2D eigenvalue weighted by Gasteiger charge is 1.97. The van der Waals surface area contributed by atoms with Crippen LogP contribution < -0.4 is 4.90 Å².